The van der Waals surface area contributed by atoms with Gasteiger partial charge in [-0.05, 0) is 35.6 Å². The quantitative estimate of drug-likeness (QED) is 0.580. The molecule has 1 aromatic carbocycles. The van der Waals surface area contributed by atoms with Crippen molar-refractivity contribution in [1.29, 1.82) is 0 Å². The number of amides is 1. The van der Waals surface area contributed by atoms with E-state index in [1.807, 2.05) is 24.3 Å². The van der Waals surface area contributed by atoms with E-state index in [1.165, 1.54) is 11.4 Å². The molecule has 7 nitrogen and oxygen atoms in total. The SMILES string of the molecule is COc1ccc(CCNC(=O)c2csc(NS(=O)(=O)c3cccs3)n2)cc1. The zero-order chi connectivity index (χ0) is 19.3. The number of thiazole rings is 1. The maximum atomic E-state index is 12.2. The Balaban J connectivity index is 1.53. The average molecular weight is 424 g/mol. The molecule has 2 heterocycles. The van der Waals surface area contributed by atoms with Crippen molar-refractivity contribution in [2.45, 2.75) is 10.6 Å². The van der Waals surface area contributed by atoms with E-state index in [4.69, 9.17) is 4.74 Å². The van der Waals surface area contributed by atoms with Crippen LogP contribution in [-0.2, 0) is 16.4 Å². The van der Waals surface area contributed by atoms with Crippen LogP contribution in [0.2, 0.25) is 0 Å². The number of anilines is 1. The molecule has 3 rings (SSSR count). The smallest absolute Gasteiger partial charge is 0.273 e. The van der Waals surface area contributed by atoms with Gasteiger partial charge in [-0.1, -0.05) is 18.2 Å². The number of nitrogens with zero attached hydrogens (tertiary/aromatic N) is 1. The topological polar surface area (TPSA) is 97.4 Å². The van der Waals surface area contributed by atoms with Gasteiger partial charge in [-0.2, -0.15) is 0 Å². The van der Waals surface area contributed by atoms with Crippen LogP contribution in [0.1, 0.15) is 16.1 Å². The average Bonchev–Trinajstić information content (AvgIpc) is 3.34. The first-order chi connectivity index (χ1) is 13.0. The Labute approximate surface area is 165 Å². The Morgan fingerprint density at radius 2 is 1.96 bits per heavy atom. The minimum atomic E-state index is -3.67. The fraction of sp³-hybridized carbons (Fsp3) is 0.176. The first-order valence-corrected chi connectivity index (χ1v) is 11.1. The van der Waals surface area contributed by atoms with Crippen LogP contribution >= 0.6 is 22.7 Å². The number of thiophene rings is 1. The van der Waals surface area contributed by atoms with Crippen LogP contribution < -0.4 is 14.8 Å². The highest BCUT2D eigenvalue weighted by Crippen LogP contribution is 2.22. The van der Waals surface area contributed by atoms with Crippen molar-refractivity contribution in [3.05, 3.63) is 58.4 Å². The van der Waals surface area contributed by atoms with Crippen LogP contribution in [0.15, 0.2) is 51.4 Å². The lowest BCUT2D eigenvalue weighted by molar-refractivity contribution is 0.0950. The molecule has 142 valence electrons. The molecular formula is C17H17N3O4S3. The Morgan fingerprint density at radius 1 is 1.19 bits per heavy atom. The lowest BCUT2D eigenvalue weighted by atomic mass is 10.1. The number of rotatable bonds is 8. The molecule has 2 aromatic heterocycles. The normalized spacial score (nSPS) is 11.1. The molecule has 1 amide bonds. The van der Waals surface area contributed by atoms with Gasteiger partial charge in [0.15, 0.2) is 5.13 Å². The van der Waals surface area contributed by atoms with E-state index in [9.17, 15) is 13.2 Å². The monoisotopic (exact) mass is 423 g/mol. The van der Waals surface area contributed by atoms with Crippen molar-refractivity contribution in [3.8, 4) is 5.75 Å². The second-order valence-corrected chi connectivity index (χ2v) is 9.14. The first-order valence-electron chi connectivity index (χ1n) is 7.91. The fourth-order valence-electron chi connectivity index (χ4n) is 2.21. The number of hydrogen-bond donors (Lipinski definition) is 2. The van der Waals surface area contributed by atoms with Gasteiger partial charge in [-0.15, -0.1) is 22.7 Å². The highest BCUT2D eigenvalue weighted by atomic mass is 32.2. The van der Waals surface area contributed by atoms with Crippen LogP contribution in [0, 0.1) is 0 Å². The van der Waals surface area contributed by atoms with Gasteiger partial charge in [0, 0.05) is 11.9 Å². The maximum absolute atomic E-state index is 12.2. The van der Waals surface area contributed by atoms with Gasteiger partial charge in [0.1, 0.15) is 15.7 Å². The molecule has 0 atom stereocenters. The molecule has 0 saturated carbocycles. The Hall–Kier alpha value is -2.43. The molecule has 0 aliphatic heterocycles. The predicted octanol–water partition coefficient (Wildman–Crippen LogP) is 2.99. The molecule has 0 unspecified atom stereocenters. The molecule has 3 aromatic rings. The standard InChI is InChI=1S/C17H17N3O4S3/c1-24-13-6-4-12(5-7-13)8-9-18-16(21)14-11-26-17(19-14)20-27(22,23)15-3-2-10-25-15/h2-7,10-11H,8-9H2,1H3,(H,18,21)(H,19,20). The number of ether oxygens (including phenoxy) is 1. The molecule has 0 bridgehead atoms. The minimum Gasteiger partial charge on any atom is -0.497 e. The van der Waals surface area contributed by atoms with Crippen LogP contribution in [0.25, 0.3) is 0 Å². The molecule has 0 spiro atoms. The summed E-state index contributed by atoms with van der Waals surface area (Å²) < 4.78 is 32.0. The summed E-state index contributed by atoms with van der Waals surface area (Å²) in [6.45, 7) is 0.443. The number of hydrogen-bond acceptors (Lipinski definition) is 7. The lowest BCUT2D eigenvalue weighted by Crippen LogP contribution is -2.26. The van der Waals surface area contributed by atoms with Gasteiger partial charge >= 0.3 is 0 Å². The predicted molar refractivity (Wildman–Crippen MR) is 106 cm³/mol. The highest BCUT2D eigenvalue weighted by Gasteiger charge is 2.18. The van der Waals surface area contributed by atoms with Crippen molar-refractivity contribution in [2.75, 3.05) is 18.4 Å². The highest BCUT2D eigenvalue weighted by molar-refractivity contribution is 7.94. The van der Waals surface area contributed by atoms with Crippen LogP contribution in [0.4, 0.5) is 5.13 Å². The van der Waals surface area contributed by atoms with Crippen LogP contribution in [-0.4, -0.2) is 33.0 Å². The lowest BCUT2D eigenvalue weighted by Gasteiger charge is -2.05. The van der Waals surface area contributed by atoms with Gasteiger partial charge in [0.2, 0.25) is 0 Å². The fourth-order valence-corrected chi connectivity index (χ4v) is 5.15. The van der Waals surface area contributed by atoms with Gasteiger partial charge in [-0.3, -0.25) is 9.52 Å². The summed E-state index contributed by atoms with van der Waals surface area (Å²) in [5, 5.41) is 6.14. The second kappa shape index (κ2) is 8.51. The van der Waals surface area contributed by atoms with Gasteiger partial charge < -0.3 is 10.1 Å². The van der Waals surface area contributed by atoms with Crippen molar-refractivity contribution in [2.24, 2.45) is 0 Å². The maximum Gasteiger partial charge on any atom is 0.273 e. The molecule has 0 radical (unpaired) electrons. The molecule has 0 aliphatic carbocycles. The summed E-state index contributed by atoms with van der Waals surface area (Å²) in [4.78, 5) is 16.2. The Morgan fingerprint density at radius 3 is 2.63 bits per heavy atom. The summed E-state index contributed by atoms with van der Waals surface area (Å²) in [6, 6.07) is 10.8. The van der Waals surface area contributed by atoms with E-state index in [0.29, 0.717) is 13.0 Å². The summed E-state index contributed by atoms with van der Waals surface area (Å²) in [5.41, 5.74) is 1.25. The van der Waals surface area contributed by atoms with E-state index in [-0.39, 0.29) is 20.9 Å². The summed E-state index contributed by atoms with van der Waals surface area (Å²) >= 11 is 2.18. The summed E-state index contributed by atoms with van der Waals surface area (Å²) in [7, 11) is -2.06. The summed E-state index contributed by atoms with van der Waals surface area (Å²) in [6.07, 6.45) is 0.664. The van der Waals surface area contributed by atoms with Crippen molar-refractivity contribution >= 4 is 43.7 Å². The number of sulfonamides is 1. The molecule has 0 saturated heterocycles. The van der Waals surface area contributed by atoms with Gasteiger partial charge in [0.05, 0.1) is 7.11 Å². The van der Waals surface area contributed by atoms with Crippen LogP contribution in [0.5, 0.6) is 5.75 Å². The van der Waals surface area contributed by atoms with Gasteiger partial charge in [-0.25, -0.2) is 13.4 Å². The molecule has 0 aliphatic rings. The third-order valence-electron chi connectivity index (χ3n) is 3.58. The second-order valence-electron chi connectivity index (χ2n) is 5.43. The Kier molecular flexibility index (Phi) is 6.09. The Bertz CT molecular complexity index is 996. The number of carbonyl (C=O) groups excluding carboxylic acids is 1. The summed E-state index contributed by atoms with van der Waals surface area (Å²) in [5.74, 6) is 0.434. The van der Waals surface area contributed by atoms with E-state index in [2.05, 4.69) is 15.0 Å². The third kappa shape index (κ3) is 5.06. The van der Waals surface area contributed by atoms with E-state index < -0.39 is 10.0 Å². The third-order valence-corrected chi connectivity index (χ3v) is 7.20. The van der Waals surface area contributed by atoms with Crippen LogP contribution in [0.3, 0.4) is 0 Å². The first kappa shape index (κ1) is 19.3. The largest absolute Gasteiger partial charge is 0.497 e. The molecule has 2 N–H and O–H groups in total. The zero-order valence-corrected chi connectivity index (χ0v) is 16.8. The van der Waals surface area contributed by atoms with Crippen molar-refractivity contribution < 1.29 is 17.9 Å². The van der Waals surface area contributed by atoms with Crippen molar-refractivity contribution in [1.82, 2.24) is 10.3 Å². The van der Waals surface area contributed by atoms with E-state index in [0.717, 1.165) is 34.0 Å². The number of aromatic nitrogens is 1. The molecular weight excluding hydrogens is 406 g/mol. The zero-order valence-electron chi connectivity index (χ0n) is 14.3. The van der Waals surface area contributed by atoms with Gasteiger partial charge in [0.25, 0.3) is 15.9 Å². The molecule has 0 fully saturated rings. The number of methoxy groups -OCH3 is 1. The number of nitrogens with one attached hydrogen (secondary N) is 2. The van der Waals surface area contributed by atoms with E-state index >= 15 is 0 Å². The number of carbonyl (C=O) groups is 1. The molecule has 27 heavy (non-hydrogen) atoms. The van der Waals surface area contributed by atoms with E-state index in [1.54, 1.807) is 18.6 Å². The minimum absolute atomic E-state index is 0.156. The number of benzene rings is 1. The molecule has 10 heteroatoms. The van der Waals surface area contributed by atoms with Crippen molar-refractivity contribution in [3.63, 3.8) is 0 Å².